The van der Waals surface area contributed by atoms with Crippen LogP contribution in [0.1, 0.15) is 32.8 Å². The monoisotopic (exact) mass is 521 g/mol. The molecule has 0 radical (unpaired) electrons. The number of thiol groups is 1. The van der Waals surface area contributed by atoms with Crippen molar-refractivity contribution in [1.29, 1.82) is 0 Å². The first-order chi connectivity index (χ1) is 16.9. The molecule has 0 saturated heterocycles. The molecule has 2 aromatic rings. The Labute approximate surface area is 215 Å². The number of hydrogen-bond donors (Lipinski definition) is 8. The smallest absolute Gasteiger partial charge is 0.328 e. The number of nitrogens with one attached hydrogen (secondary N) is 4. The second-order valence-electron chi connectivity index (χ2n) is 9.17. The number of fused-ring (bicyclic) bond motifs is 1. The standard InChI is InChI=1S/C24H35N5O6S/c1-12(2)8-18(23(33)29-20(13(3)30)24(34)35)28-22(32)19(27-21(31)16(25)11-36)9-14-10-26-17-7-5-4-6-15(14)17/h4-7,10,12-13,16,18-20,26,30,36H,8-9,11,25H2,1-3H3,(H,27,31)(H,28,32)(H,29,33)(H,34,35). The van der Waals surface area contributed by atoms with Gasteiger partial charge in [0.25, 0.3) is 0 Å². The molecule has 0 aliphatic heterocycles. The van der Waals surface area contributed by atoms with Crippen LogP contribution in [0.4, 0.5) is 0 Å². The summed E-state index contributed by atoms with van der Waals surface area (Å²) in [6.07, 6.45) is 0.711. The normalized spacial score (nSPS) is 15.5. The molecule has 3 amide bonds. The Morgan fingerprint density at radius 3 is 2.19 bits per heavy atom. The molecule has 1 aromatic heterocycles. The number of benzene rings is 1. The number of carbonyl (C=O) groups is 4. The topological polar surface area (TPSA) is 187 Å². The SMILES string of the molecule is CC(C)CC(NC(=O)C(Cc1c[nH]c2ccccc12)NC(=O)C(N)CS)C(=O)NC(C(=O)O)C(C)O. The largest absolute Gasteiger partial charge is 0.480 e. The Kier molecular flexibility index (Phi) is 10.8. The van der Waals surface area contributed by atoms with Crippen molar-refractivity contribution < 1.29 is 29.4 Å². The zero-order valence-corrected chi connectivity index (χ0v) is 21.4. The molecule has 11 nitrogen and oxygen atoms in total. The lowest BCUT2D eigenvalue weighted by atomic mass is 10.00. The number of carboxylic acid groups (broad SMARTS) is 1. The summed E-state index contributed by atoms with van der Waals surface area (Å²) in [4.78, 5) is 53.3. The Hall–Kier alpha value is -3.09. The van der Waals surface area contributed by atoms with Crippen LogP contribution in [0.5, 0.6) is 0 Å². The number of carbonyl (C=O) groups excluding carboxylic acids is 3. The quantitative estimate of drug-likeness (QED) is 0.169. The Balaban J connectivity index is 2.29. The minimum Gasteiger partial charge on any atom is -0.480 e. The van der Waals surface area contributed by atoms with E-state index in [2.05, 4.69) is 33.6 Å². The van der Waals surface area contributed by atoms with Crippen LogP contribution in [0, 0.1) is 5.92 Å². The first-order valence-electron chi connectivity index (χ1n) is 11.7. The molecule has 1 heterocycles. The second-order valence-corrected chi connectivity index (χ2v) is 9.53. The van der Waals surface area contributed by atoms with E-state index < -0.39 is 54.0 Å². The number of para-hydroxylation sites is 1. The summed E-state index contributed by atoms with van der Waals surface area (Å²) in [5, 5.41) is 27.5. The van der Waals surface area contributed by atoms with Crippen LogP contribution in [-0.2, 0) is 25.6 Å². The summed E-state index contributed by atoms with van der Waals surface area (Å²) >= 11 is 4.04. The van der Waals surface area contributed by atoms with Gasteiger partial charge < -0.3 is 36.9 Å². The molecule has 8 N–H and O–H groups in total. The summed E-state index contributed by atoms with van der Waals surface area (Å²) in [5.41, 5.74) is 7.42. The summed E-state index contributed by atoms with van der Waals surface area (Å²) in [6.45, 7) is 4.92. The van der Waals surface area contributed by atoms with Gasteiger partial charge in [0.05, 0.1) is 12.1 Å². The molecular weight excluding hydrogens is 486 g/mol. The third-order valence-electron chi connectivity index (χ3n) is 5.65. The molecular formula is C24H35N5O6S. The van der Waals surface area contributed by atoms with Gasteiger partial charge in [-0.05, 0) is 30.9 Å². The summed E-state index contributed by atoms with van der Waals surface area (Å²) < 4.78 is 0. The number of H-pyrrole nitrogens is 1. The van der Waals surface area contributed by atoms with Crippen molar-refractivity contribution in [1.82, 2.24) is 20.9 Å². The lowest BCUT2D eigenvalue weighted by Crippen LogP contribution is -2.59. The van der Waals surface area contributed by atoms with Gasteiger partial charge in [0.2, 0.25) is 17.7 Å². The zero-order chi connectivity index (χ0) is 27.0. The molecule has 0 saturated carbocycles. The van der Waals surface area contributed by atoms with Crippen molar-refractivity contribution >= 4 is 47.2 Å². The number of nitrogens with two attached hydrogens (primary N) is 1. The molecule has 198 valence electrons. The predicted molar refractivity (Wildman–Crippen MR) is 138 cm³/mol. The van der Waals surface area contributed by atoms with Crippen molar-refractivity contribution in [2.75, 3.05) is 5.75 Å². The summed E-state index contributed by atoms with van der Waals surface area (Å²) in [6, 6.07) is 2.84. The lowest BCUT2D eigenvalue weighted by Gasteiger charge is -2.26. The maximum Gasteiger partial charge on any atom is 0.328 e. The predicted octanol–water partition coefficient (Wildman–Crippen LogP) is -0.0666. The van der Waals surface area contributed by atoms with Crippen molar-refractivity contribution in [3.8, 4) is 0 Å². The molecule has 1 aromatic carbocycles. The molecule has 12 heteroatoms. The van der Waals surface area contributed by atoms with E-state index in [1.54, 1.807) is 6.20 Å². The van der Waals surface area contributed by atoms with Crippen molar-refractivity contribution in [2.45, 2.75) is 63.9 Å². The highest BCUT2D eigenvalue weighted by Gasteiger charge is 2.32. The minimum absolute atomic E-state index is 0.0323. The van der Waals surface area contributed by atoms with Crippen LogP contribution < -0.4 is 21.7 Å². The van der Waals surface area contributed by atoms with Crippen molar-refractivity contribution in [3.05, 3.63) is 36.0 Å². The number of amides is 3. The molecule has 0 aliphatic rings. The molecule has 5 unspecified atom stereocenters. The maximum atomic E-state index is 13.4. The van der Waals surface area contributed by atoms with Gasteiger partial charge in [-0.15, -0.1) is 0 Å². The first-order valence-corrected chi connectivity index (χ1v) is 12.3. The average molecular weight is 522 g/mol. The number of carboxylic acids is 1. The van der Waals surface area contributed by atoms with Gasteiger partial charge in [-0.2, -0.15) is 12.6 Å². The molecule has 0 aliphatic carbocycles. The third-order valence-corrected chi connectivity index (χ3v) is 6.05. The second kappa shape index (κ2) is 13.3. The average Bonchev–Trinajstić information content (AvgIpc) is 3.22. The van der Waals surface area contributed by atoms with E-state index in [1.807, 2.05) is 38.1 Å². The van der Waals surface area contributed by atoms with Crippen LogP contribution in [-0.4, -0.2) is 74.9 Å². The van der Waals surface area contributed by atoms with Crippen molar-refractivity contribution in [2.24, 2.45) is 11.7 Å². The number of aliphatic carboxylic acids is 1. The molecule has 0 bridgehead atoms. The van der Waals surface area contributed by atoms with Gasteiger partial charge in [-0.25, -0.2) is 4.79 Å². The molecule has 2 rings (SSSR count). The van der Waals surface area contributed by atoms with E-state index in [0.717, 1.165) is 16.5 Å². The fourth-order valence-electron chi connectivity index (χ4n) is 3.71. The van der Waals surface area contributed by atoms with Gasteiger partial charge in [0.15, 0.2) is 6.04 Å². The van der Waals surface area contributed by atoms with Gasteiger partial charge in [-0.3, -0.25) is 14.4 Å². The fraction of sp³-hybridized carbons (Fsp3) is 0.500. The van der Waals surface area contributed by atoms with Gasteiger partial charge in [0, 0.05) is 29.3 Å². The van der Waals surface area contributed by atoms with E-state index in [0.29, 0.717) is 0 Å². The van der Waals surface area contributed by atoms with Crippen LogP contribution in [0.2, 0.25) is 0 Å². The number of aromatic amines is 1. The number of aromatic nitrogens is 1. The summed E-state index contributed by atoms with van der Waals surface area (Å²) in [7, 11) is 0. The molecule has 0 spiro atoms. The highest BCUT2D eigenvalue weighted by molar-refractivity contribution is 7.80. The molecule has 0 fully saturated rings. The number of hydrogen-bond acceptors (Lipinski definition) is 7. The minimum atomic E-state index is -1.54. The molecule has 5 atom stereocenters. The Morgan fingerprint density at radius 1 is 1.00 bits per heavy atom. The maximum absolute atomic E-state index is 13.4. The summed E-state index contributed by atoms with van der Waals surface area (Å²) in [5.74, 6) is -3.33. The van der Waals surface area contributed by atoms with Crippen LogP contribution >= 0.6 is 12.6 Å². The zero-order valence-electron chi connectivity index (χ0n) is 20.5. The fourth-order valence-corrected chi connectivity index (χ4v) is 3.87. The van der Waals surface area contributed by atoms with Gasteiger partial charge in [0.1, 0.15) is 12.1 Å². The van der Waals surface area contributed by atoms with Crippen LogP contribution in [0.15, 0.2) is 30.5 Å². The van der Waals surface area contributed by atoms with E-state index in [-0.39, 0.29) is 24.5 Å². The van der Waals surface area contributed by atoms with Crippen LogP contribution in [0.25, 0.3) is 10.9 Å². The molecule has 36 heavy (non-hydrogen) atoms. The highest BCUT2D eigenvalue weighted by atomic mass is 32.1. The van der Waals surface area contributed by atoms with Crippen LogP contribution in [0.3, 0.4) is 0 Å². The third kappa shape index (κ3) is 7.97. The van der Waals surface area contributed by atoms with E-state index in [9.17, 15) is 29.4 Å². The first kappa shape index (κ1) is 29.1. The highest BCUT2D eigenvalue weighted by Crippen LogP contribution is 2.19. The van der Waals surface area contributed by atoms with E-state index in [4.69, 9.17) is 5.73 Å². The number of rotatable bonds is 13. The lowest BCUT2D eigenvalue weighted by molar-refractivity contribution is -0.145. The van der Waals surface area contributed by atoms with Gasteiger partial charge >= 0.3 is 5.97 Å². The number of aliphatic hydroxyl groups is 1. The Morgan fingerprint density at radius 2 is 1.61 bits per heavy atom. The Bertz CT molecular complexity index is 1070. The van der Waals surface area contributed by atoms with Gasteiger partial charge in [-0.1, -0.05) is 32.0 Å². The number of aliphatic hydroxyl groups excluding tert-OH is 1. The van der Waals surface area contributed by atoms with Crippen molar-refractivity contribution in [3.63, 3.8) is 0 Å². The van der Waals surface area contributed by atoms with E-state index in [1.165, 1.54) is 6.92 Å². The van der Waals surface area contributed by atoms with E-state index >= 15 is 0 Å².